The third-order valence-corrected chi connectivity index (χ3v) is 4.92. The van der Waals surface area contributed by atoms with Gasteiger partial charge in [-0.2, -0.15) is 0 Å². The number of nitrogens with one attached hydrogen (secondary N) is 1. The molecule has 1 N–H and O–H groups in total. The van der Waals surface area contributed by atoms with Crippen molar-refractivity contribution in [1.82, 2.24) is 5.32 Å². The van der Waals surface area contributed by atoms with E-state index >= 15 is 0 Å². The summed E-state index contributed by atoms with van der Waals surface area (Å²) in [6, 6.07) is 22.3. The molecule has 126 valence electrons. The Balaban J connectivity index is 1.82. The molecule has 3 aromatic carbocycles. The number of anilines is 1. The fourth-order valence-electron chi connectivity index (χ4n) is 3.63. The van der Waals surface area contributed by atoms with E-state index in [9.17, 15) is 4.79 Å². The monoisotopic (exact) mass is 330 g/mol. The van der Waals surface area contributed by atoms with Gasteiger partial charge in [0.1, 0.15) is 0 Å². The quantitative estimate of drug-likeness (QED) is 0.800. The average Bonchev–Trinajstić information content (AvgIpc) is 2.85. The van der Waals surface area contributed by atoms with E-state index in [4.69, 9.17) is 0 Å². The van der Waals surface area contributed by atoms with Crippen LogP contribution in [0.15, 0.2) is 71.5 Å². The highest BCUT2D eigenvalue weighted by Crippen LogP contribution is 2.25. The molecular formula is C22H22N2O. The van der Waals surface area contributed by atoms with Crippen molar-refractivity contribution in [3.63, 3.8) is 0 Å². The Kier molecular flexibility index (Phi) is 4.49. The molecule has 1 aliphatic heterocycles. The van der Waals surface area contributed by atoms with Crippen molar-refractivity contribution in [2.45, 2.75) is 6.42 Å². The van der Waals surface area contributed by atoms with Crippen molar-refractivity contribution < 1.29 is 0 Å². The van der Waals surface area contributed by atoms with Crippen LogP contribution >= 0.6 is 0 Å². The van der Waals surface area contributed by atoms with Crippen LogP contribution in [0.5, 0.6) is 0 Å². The van der Waals surface area contributed by atoms with Crippen LogP contribution in [-0.2, 0) is 6.42 Å². The van der Waals surface area contributed by atoms with Gasteiger partial charge in [0.2, 0.25) is 0 Å². The maximum absolute atomic E-state index is 12.8. The first kappa shape index (κ1) is 15.9. The van der Waals surface area contributed by atoms with E-state index in [1.165, 1.54) is 16.3 Å². The van der Waals surface area contributed by atoms with Gasteiger partial charge < -0.3 is 10.2 Å². The smallest absolute Gasteiger partial charge is 0.184 e. The van der Waals surface area contributed by atoms with E-state index in [0.29, 0.717) is 6.42 Å². The van der Waals surface area contributed by atoms with Gasteiger partial charge in [-0.3, -0.25) is 4.79 Å². The molecule has 3 aromatic rings. The van der Waals surface area contributed by atoms with Crippen molar-refractivity contribution in [3.05, 3.63) is 88.1 Å². The predicted octanol–water partition coefficient (Wildman–Crippen LogP) is 3.20. The Hall–Kier alpha value is -2.65. The summed E-state index contributed by atoms with van der Waals surface area (Å²) in [4.78, 5) is 15.1. The Labute approximate surface area is 147 Å². The van der Waals surface area contributed by atoms with Gasteiger partial charge >= 0.3 is 0 Å². The normalized spacial score (nSPS) is 14.6. The maximum Gasteiger partial charge on any atom is 0.184 e. The summed E-state index contributed by atoms with van der Waals surface area (Å²) in [5.41, 5.74) is 3.29. The Morgan fingerprint density at radius 3 is 2.44 bits per heavy atom. The molecule has 1 heterocycles. The molecule has 0 spiro atoms. The molecule has 1 fully saturated rings. The number of hydrogen-bond donors (Lipinski definition) is 1. The third kappa shape index (κ3) is 3.28. The fourth-order valence-corrected chi connectivity index (χ4v) is 3.63. The summed E-state index contributed by atoms with van der Waals surface area (Å²) >= 11 is 0. The average molecular weight is 330 g/mol. The van der Waals surface area contributed by atoms with Gasteiger partial charge in [-0.1, -0.05) is 54.6 Å². The second kappa shape index (κ2) is 7.08. The first-order chi connectivity index (χ1) is 12.3. The molecular weight excluding hydrogens is 308 g/mol. The highest BCUT2D eigenvalue weighted by Gasteiger charge is 2.16. The van der Waals surface area contributed by atoms with Crippen molar-refractivity contribution in [2.75, 3.05) is 31.1 Å². The van der Waals surface area contributed by atoms with Gasteiger partial charge in [0.25, 0.3) is 0 Å². The number of nitrogens with zero attached hydrogens (tertiary/aromatic N) is 1. The first-order valence-electron chi connectivity index (χ1n) is 8.87. The fraction of sp³-hybridized carbons (Fsp3) is 0.227. The molecule has 3 heteroatoms. The summed E-state index contributed by atoms with van der Waals surface area (Å²) in [5.74, 6) is 0. The lowest BCUT2D eigenvalue weighted by atomic mass is 9.98. The van der Waals surface area contributed by atoms with Gasteiger partial charge in [-0.25, -0.2) is 0 Å². The topological polar surface area (TPSA) is 32.3 Å². The van der Waals surface area contributed by atoms with E-state index in [1.807, 2.05) is 12.1 Å². The van der Waals surface area contributed by atoms with E-state index < -0.39 is 0 Å². The summed E-state index contributed by atoms with van der Waals surface area (Å²) in [6.07, 6.45) is 0.661. The van der Waals surface area contributed by atoms with Gasteiger partial charge in [-0.15, -0.1) is 0 Å². The number of piperazine rings is 1. The molecule has 0 bridgehead atoms. The standard InChI is InChI=1S/C22H22N2O/c25-22-11-4-3-10-21(24-14-12-23-13-15-24)20(22)16-18-8-5-7-17-6-1-2-9-19(17)18/h1-11,23H,12-16H2. The Morgan fingerprint density at radius 1 is 0.840 bits per heavy atom. The third-order valence-electron chi connectivity index (χ3n) is 4.92. The molecule has 0 unspecified atom stereocenters. The van der Waals surface area contributed by atoms with Gasteiger partial charge in [-0.05, 0) is 28.5 Å². The van der Waals surface area contributed by atoms with Gasteiger partial charge in [0, 0.05) is 43.9 Å². The molecule has 0 amide bonds. The highest BCUT2D eigenvalue weighted by molar-refractivity contribution is 5.86. The molecule has 3 nitrogen and oxygen atoms in total. The molecule has 0 aromatic heterocycles. The second-order valence-corrected chi connectivity index (χ2v) is 6.50. The molecule has 0 atom stereocenters. The van der Waals surface area contributed by atoms with Crippen LogP contribution in [0.4, 0.5) is 5.69 Å². The second-order valence-electron chi connectivity index (χ2n) is 6.50. The van der Waals surface area contributed by atoms with Crippen LogP contribution in [0.25, 0.3) is 10.8 Å². The van der Waals surface area contributed by atoms with Crippen molar-refractivity contribution >= 4 is 16.5 Å². The lowest BCUT2D eigenvalue weighted by Gasteiger charge is -2.30. The Morgan fingerprint density at radius 2 is 1.56 bits per heavy atom. The SMILES string of the molecule is O=c1ccccc(N2CCNCC2)c1Cc1cccc2ccccc12. The zero-order chi connectivity index (χ0) is 17.1. The molecule has 1 saturated heterocycles. The molecule has 0 radical (unpaired) electrons. The maximum atomic E-state index is 12.8. The minimum absolute atomic E-state index is 0.117. The number of hydrogen-bond acceptors (Lipinski definition) is 3. The van der Waals surface area contributed by atoms with Crippen molar-refractivity contribution in [1.29, 1.82) is 0 Å². The summed E-state index contributed by atoms with van der Waals surface area (Å²) in [5, 5.41) is 5.82. The van der Waals surface area contributed by atoms with E-state index in [-0.39, 0.29) is 5.43 Å². The van der Waals surface area contributed by atoms with Crippen LogP contribution < -0.4 is 15.6 Å². The van der Waals surface area contributed by atoms with Crippen molar-refractivity contribution in [3.8, 4) is 0 Å². The highest BCUT2D eigenvalue weighted by atomic mass is 16.1. The largest absolute Gasteiger partial charge is 0.369 e. The van der Waals surface area contributed by atoms with Crippen LogP contribution in [0.3, 0.4) is 0 Å². The zero-order valence-electron chi connectivity index (χ0n) is 14.2. The zero-order valence-corrected chi connectivity index (χ0v) is 14.2. The number of fused-ring (bicyclic) bond motifs is 1. The van der Waals surface area contributed by atoms with Crippen LogP contribution in [0.2, 0.25) is 0 Å². The van der Waals surface area contributed by atoms with Crippen LogP contribution in [0.1, 0.15) is 11.1 Å². The molecule has 4 rings (SSSR count). The Bertz CT molecular complexity index is 940. The first-order valence-corrected chi connectivity index (χ1v) is 8.87. The van der Waals surface area contributed by atoms with E-state index in [1.54, 1.807) is 6.07 Å². The summed E-state index contributed by atoms with van der Waals surface area (Å²) in [7, 11) is 0. The predicted molar refractivity (Wildman–Crippen MR) is 105 cm³/mol. The lowest BCUT2D eigenvalue weighted by Crippen LogP contribution is -2.44. The molecule has 0 saturated carbocycles. The van der Waals surface area contributed by atoms with Gasteiger partial charge in [0.15, 0.2) is 5.43 Å². The summed E-state index contributed by atoms with van der Waals surface area (Å²) < 4.78 is 0. The van der Waals surface area contributed by atoms with Crippen LogP contribution in [-0.4, -0.2) is 26.2 Å². The number of benzene rings is 2. The van der Waals surface area contributed by atoms with Crippen molar-refractivity contribution in [2.24, 2.45) is 0 Å². The molecule has 0 aliphatic carbocycles. The minimum atomic E-state index is 0.117. The van der Waals surface area contributed by atoms with E-state index in [2.05, 4.69) is 58.7 Å². The number of rotatable bonds is 3. The molecule has 1 aliphatic rings. The van der Waals surface area contributed by atoms with Crippen LogP contribution in [0, 0.1) is 0 Å². The van der Waals surface area contributed by atoms with E-state index in [0.717, 1.165) is 37.4 Å². The minimum Gasteiger partial charge on any atom is -0.369 e. The summed E-state index contributed by atoms with van der Waals surface area (Å²) in [6.45, 7) is 3.79. The van der Waals surface area contributed by atoms with Gasteiger partial charge in [0.05, 0.1) is 0 Å². The molecule has 25 heavy (non-hydrogen) atoms. The lowest BCUT2D eigenvalue weighted by molar-refractivity contribution is 0.588.